The number of carbonyl (C=O) groups is 6. The van der Waals surface area contributed by atoms with Crippen LogP contribution < -0.4 is 33.8 Å². The Balaban J connectivity index is 0.942. The monoisotopic (exact) mass is 899 g/mol. The molecule has 4 heterocycles. The van der Waals surface area contributed by atoms with E-state index in [1.165, 1.54) is 43.4 Å². The van der Waals surface area contributed by atoms with Crippen molar-refractivity contribution in [1.29, 1.82) is 0 Å². The number of benzene rings is 6. The molecule has 1 fully saturated rings. The van der Waals surface area contributed by atoms with Gasteiger partial charge in [-0.25, -0.2) is 9.80 Å². The van der Waals surface area contributed by atoms with Crippen LogP contribution in [0.2, 0.25) is 0 Å². The van der Waals surface area contributed by atoms with Crippen LogP contribution in [0.25, 0.3) is 21.5 Å². The average Bonchev–Trinajstić information content (AvgIpc) is 3.36. The Hall–Kier alpha value is -7.74. The number of unbranched alkanes of at least 4 members (excludes halogenated alkanes) is 5. The van der Waals surface area contributed by atoms with Crippen LogP contribution in [0.3, 0.4) is 0 Å². The molecular weight excluding hydrogens is 851 g/mol. The van der Waals surface area contributed by atoms with Crippen molar-refractivity contribution in [3.63, 3.8) is 0 Å². The lowest BCUT2D eigenvalue weighted by Crippen LogP contribution is -2.46. The van der Waals surface area contributed by atoms with E-state index in [4.69, 9.17) is 14.2 Å². The summed E-state index contributed by atoms with van der Waals surface area (Å²) in [6.45, 7) is 5.43. The summed E-state index contributed by atoms with van der Waals surface area (Å²) >= 11 is 0. The summed E-state index contributed by atoms with van der Waals surface area (Å²) in [7, 11) is 4.37. The van der Waals surface area contributed by atoms with Crippen molar-refractivity contribution in [1.82, 2.24) is 4.90 Å². The van der Waals surface area contributed by atoms with E-state index in [0.717, 1.165) is 90.6 Å². The Kier molecular flexibility index (Phi) is 11.1. The molecule has 0 N–H and O–H groups in total. The third kappa shape index (κ3) is 6.92. The van der Waals surface area contributed by atoms with E-state index in [1.807, 2.05) is 42.5 Å². The van der Waals surface area contributed by atoms with Gasteiger partial charge in [-0.1, -0.05) is 51.2 Å². The van der Waals surface area contributed by atoms with Gasteiger partial charge in [0.2, 0.25) is 0 Å². The molecule has 0 bridgehead atoms. The van der Waals surface area contributed by atoms with Crippen molar-refractivity contribution in [2.45, 2.75) is 45.4 Å². The van der Waals surface area contributed by atoms with E-state index in [9.17, 15) is 28.8 Å². The minimum Gasteiger partial charge on any atom is -0.497 e. The molecule has 6 aromatic carbocycles. The molecule has 0 saturated carbocycles. The lowest BCUT2D eigenvalue weighted by molar-refractivity contribution is 0.0605. The van der Waals surface area contributed by atoms with Crippen molar-refractivity contribution in [3.8, 4) is 17.2 Å². The number of carbonyl (C=O) groups excluding carboxylic acids is 6. The molecule has 0 aliphatic carbocycles. The first kappa shape index (κ1) is 43.2. The van der Waals surface area contributed by atoms with Gasteiger partial charge >= 0.3 is 0 Å². The molecule has 6 amide bonds. The smallest absolute Gasteiger partial charge is 0.266 e. The Morgan fingerprint density at radius 1 is 0.448 bits per heavy atom. The lowest BCUT2D eigenvalue weighted by atomic mass is 9.85. The molecule has 0 spiro atoms. The minimum absolute atomic E-state index is 0.00514. The number of piperazine rings is 1. The number of anilines is 4. The first-order chi connectivity index (χ1) is 32.6. The predicted molar refractivity (Wildman–Crippen MR) is 256 cm³/mol. The maximum atomic E-state index is 14.6. The summed E-state index contributed by atoms with van der Waals surface area (Å²) in [5, 5.41) is 1.86. The Morgan fingerprint density at radius 2 is 0.910 bits per heavy atom. The second kappa shape index (κ2) is 17.2. The number of methoxy groups -OCH3 is 3. The standard InChI is InChI=1S/C53H49N5O9/c1-5-6-7-8-9-10-24-56-48(59)36-18-20-38-47-39(21-19-37(46(36)47)49(56)60)53(64)58(52(38)63)42-30-43(66-3)41(29-44(42)67-4)57-50(61)34-13-11-12-33-40(23-22-35(45(33)34)51(57)62)55-27-25-54(26-28-55)31-14-16-32(65-2)17-15-31/h11-23,29-30H,5-10,24-28H2,1-4H3. The fourth-order valence-electron chi connectivity index (χ4n) is 10.2. The number of amides is 6. The molecule has 0 unspecified atom stereocenters. The van der Waals surface area contributed by atoms with E-state index in [-0.39, 0.29) is 62.4 Å². The number of nitrogens with zero attached hydrogens (tertiary/aromatic N) is 5. The van der Waals surface area contributed by atoms with Crippen LogP contribution in [-0.2, 0) is 0 Å². The predicted octanol–water partition coefficient (Wildman–Crippen LogP) is 8.90. The number of hydrogen-bond acceptors (Lipinski definition) is 11. The molecule has 67 heavy (non-hydrogen) atoms. The highest BCUT2D eigenvalue weighted by Gasteiger charge is 2.43. The zero-order valence-electron chi connectivity index (χ0n) is 37.8. The quantitative estimate of drug-likeness (QED) is 0.0763. The summed E-state index contributed by atoms with van der Waals surface area (Å²) in [5.41, 5.74) is 3.50. The Morgan fingerprint density at radius 3 is 1.43 bits per heavy atom. The first-order valence-electron chi connectivity index (χ1n) is 22.8. The van der Waals surface area contributed by atoms with E-state index < -0.39 is 35.4 Å². The molecular formula is C53H49N5O9. The van der Waals surface area contributed by atoms with Gasteiger partial charge in [0.05, 0.1) is 32.7 Å². The van der Waals surface area contributed by atoms with Gasteiger partial charge in [-0.15, -0.1) is 0 Å². The SMILES string of the molecule is CCCCCCCCN1C(=O)c2ccc3c4c(ccc(c24)C1=O)C(=O)N(c1cc(OC)c(N2C(=O)c4cccc5c(N6CCN(c7ccc(OC)cc7)CC6)ccc(c45)C2=O)cc1OC)C3=O. The third-order valence-electron chi connectivity index (χ3n) is 13.6. The van der Waals surface area contributed by atoms with Crippen LogP contribution >= 0.6 is 0 Å². The molecule has 0 radical (unpaired) electrons. The molecule has 1 saturated heterocycles. The summed E-state index contributed by atoms with van der Waals surface area (Å²) in [5.74, 6) is -2.67. The third-order valence-corrected chi connectivity index (χ3v) is 13.6. The second-order valence-electron chi connectivity index (χ2n) is 17.2. The summed E-state index contributed by atoms with van der Waals surface area (Å²) < 4.78 is 17.0. The second-order valence-corrected chi connectivity index (χ2v) is 17.2. The average molecular weight is 900 g/mol. The van der Waals surface area contributed by atoms with Crippen LogP contribution in [0.5, 0.6) is 17.2 Å². The summed E-state index contributed by atoms with van der Waals surface area (Å²) in [4.78, 5) is 93.8. The van der Waals surface area contributed by atoms with Crippen LogP contribution in [0.1, 0.15) is 108 Å². The van der Waals surface area contributed by atoms with Crippen LogP contribution in [0, 0.1) is 0 Å². The molecule has 4 aliphatic heterocycles. The molecule has 4 aliphatic rings. The van der Waals surface area contributed by atoms with Crippen molar-refractivity contribution in [2.24, 2.45) is 0 Å². The zero-order valence-corrected chi connectivity index (χ0v) is 37.8. The number of hydrogen-bond donors (Lipinski definition) is 0. The normalized spacial score (nSPS) is 15.7. The van der Waals surface area contributed by atoms with Gasteiger partial charge < -0.3 is 24.0 Å². The highest BCUT2D eigenvalue weighted by Crippen LogP contribution is 2.47. The van der Waals surface area contributed by atoms with Gasteiger partial charge in [0.1, 0.15) is 17.2 Å². The lowest BCUT2D eigenvalue weighted by Gasteiger charge is -2.38. The van der Waals surface area contributed by atoms with Gasteiger partial charge in [-0.05, 0) is 73.2 Å². The molecule has 340 valence electrons. The highest BCUT2D eigenvalue weighted by atomic mass is 16.5. The van der Waals surface area contributed by atoms with Gasteiger partial charge in [0, 0.05) is 111 Å². The van der Waals surface area contributed by atoms with Crippen molar-refractivity contribution >= 4 is 79.7 Å². The molecule has 14 heteroatoms. The minimum atomic E-state index is -0.715. The van der Waals surface area contributed by atoms with Gasteiger partial charge in [0.15, 0.2) is 0 Å². The zero-order chi connectivity index (χ0) is 46.7. The summed E-state index contributed by atoms with van der Waals surface area (Å²) in [6.07, 6.45) is 5.97. The van der Waals surface area contributed by atoms with E-state index >= 15 is 0 Å². The maximum Gasteiger partial charge on any atom is 0.266 e. The van der Waals surface area contributed by atoms with Crippen molar-refractivity contribution < 1.29 is 43.0 Å². The van der Waals surface area contributed by atoms with Crippen molar-refractivity contribution in [3.05, 3.63) is 124 Å². The Bertz CT molecular complexity index is 2990. The van der Waals surface area contributed by atoms with E-state index in [1.54, 1.807) is 31.4 Å². The van der Waals surface area contributed by atoms with Gasteiger partial charge in [-0.3, -0.25) is 33.7 Å². The summed E-state index contributed by atoms with van der Waals surface area (Å²) in [6, 6.07) is 26.0. The topological polar surface area (TPSA) is 146 Å². The van der Waals surface area contributed by atoms with Crippen LogP contribution in [-0.4, -0.2) is 94.4 Å². The fraction of sp³-hybridized carbons (Fsp3) is 0.283. The van der Waals surface area contributed by atoms with Crippen LogP contribution in [0.4, 0.5) is 22.7 Å². The number of ether oxygens (including phenoxy) is 3. The number of rotatable bonds is 14. The molecule has 0 atom stereocenters. The van der Waals surface area contributed by atoms with Crippen LogP contribution in [0.15, 0.2) is 91.0 Å². The van der Waals surface area contributed by atoms with Crippen molar-refractivity contribution in [2.75, 3.05) is 73.7 Å². The molecule has 14 nitrogen and oxygen atoms in total. The van der Waals surface area contributed by atoms with Gasteiger partial charge in [0.25, 0.3) is 35.4 Å². The first-order valence-corrected chi connectivity index (χ1v) is 22.8. The maximum absolute atomic E-state index is 14.6. The fourth-order valence-corrected chi connectivity index (χ4v) is 10.2. The molecule has 0 aromatic heterocycles. The molecule has 10 rings (SSSR count). The Labute approximate surface area is 387 Å². The van der Waals surface area contributed by atoms with E-state index in [2.05, 4.69) is 16.7 Å². The highest BCUT2D eigenvalue weighted by molar-refractivity contribution is 6.40. The number of imide groups is 3. The largest absolute Gasteiger partial charge is 0.497 e. The van der Waals surface area contributed by atoms with Gasteiger partial charge in [-0.2, -0.15) is 0 Å². The van der Waals surface area contributed by atoms with E-state index in [0.29, 0.717) is 22.9 Å². The molecule has 6 aromatic rings.